The molecule has 0 spiro atoms. The molecule has 0 aromatic heterocycles. The number of benzene rings is 1. The summed E-state index contributed by atoms with van der Waals surface area (Å²) in [5.74, 6) is -1.51. The summed E-state index contributed by atoms with van der Waals surface area (Å²) in [7, 11) is 2.46. The van der Waals surface area contributed by atoms with Crippen LogP contribution < -0.4 is 15.5 Å². The van der Waals surface area contributed by atoms with Crippen molar-refractivity contribution >= 4 is 34.9 Å². The molecule has 0 unspecified atom stereocenters. The zero-order chi connectivity index (χ0) is 18.0. The molecule has 1 amide bonds. The molecule has 3 rings (SSSR count). The van der Waals surface area contributed by atoms with Crippen LogP contribution in [0.2, 0.25) is 0 Å². The summed E-state index contributed by atoms with van der Waals surface area (Å²) in [5, 5.41) is 5.73. The van der Waals surface area contributed by atoms with Crippen molar-refractivity contribution in [3.8, 4) is 0 Å². The summed E-state index contributed by atoms with van der Waals surface area (Å²) in [5.41, 5.74) is 2.02. The predicted octanol–water partition coefficient (Wildman–Crippen LogP) is 0.445. The van der Waals surface area contributed by atoms with Gasteiger partial charge < -0.3 is 29.7 Å². The lowest BCUT2D eigenvalue weighted by atomic mass is 10.1. The summed E-state index contributed by atoms with van der Waals surface area (Å²) in [6.07, 6.45) is 0. The SMILES string of the molecule is COC(=O)C1=C(C(=O)OC)N(c2ccc3c(c2)NC(=O)CN3)COC1. The molecule has 9 nitrogen and oxygen atoms in total. The molecular formula is C16H17N3O6. The van der Waals surface area contributed by atoms with Crippen LogP contribution in [0.25, 0.3) is 0 Å². The van der Waals surface area contributed by atoms with E-state index >= 15 is 0 Å². The number of carbonyl (C=O) groups excluding carboxylic acids is 3. The van der Waals surface area contributed by atoms with Gasteiger partial charge >= 0.3 is 11.9 Å². The maximum Gasteiger partial charge on any atom is 0.355 e. The highest BCUT2D eigenvalue weighted by Gasteiger charge is 2.32. The van der Waals surface area contributed by atoms with E-state index in [1.54, 1.807) is 18.2 Å². The predicted molar refractivity (Wildman–Crippen MR) is 87.9 cm³/mol. The number of ether oxygens (including phenoxy) is 3. The van der Waals surface area contributed by atoms with Crippen molar-refractivity contribution in [3.63, 3.8) is 0 Å². The van der Waals surface area contributed by atoms with Gasteiger partial charge in [0.1, 0.15) is 12.4 Å². The van der Waals surface area contributed by atoms with Crippen LogP contribution in [0.3, 0.4) is 0 Å². The van der Waals surface area contributed by atoms with Gasteiger partial charge in [-0.3, -0.25) is 4.79 Å². The Labute approximate surface area is 143 Å². The fraction of sp³-hybridized carbons (Fsp3) is 0.312. The highest BCUT2D eigenvalue weighted by atomic mass is 16.5. The lowest BCUT2D eigenvalue weighted by molar-refractivity contribution is -0.140. The number of methoxy groups -OCH3 is 2. The summed E-state index contributed by atoms with van der Waals surface area (Å²) in [6.45, 7) is 0.181. The Kier molecular flexibility index (Phi) is 4.57. The smallest absolute Gasteiger partial charge is 0.355 e. The second-order valence-electron chi connectivity index (χ2n) is 5.35. The van der Waals surface area contributed by atoms with Crippen molar-refractivity contribution in [2.75, 3.05) is 49.6 Å². The molecular weight excluding hydrogens is 330 g/mol. The number of fused-ring (bicyclic) bond motifs is 1. The fourth-order valence-corrected chi connectivity index (χ4v) is 2.67. The van der Waals surface area contributed by atoms with E-state index in [-0.39, 0.29) is 37.1 Å². The molecule has 25 heavy (non-hydrogen) atoms. The molecule has 2 heterocycles. The normalized spacial score (nSPS) is 16.6. The lowest BCUT2D eigenvalue weighted by Gasteiger charge is -2.32. The minimum absolute atomic E-state index is 0.0467. The molecule has 132 valence electrons. The quantitative estimate of drug-likeness (QED) is 0.759. The first-order valence-electron chi connectivity index (χ1n) is 7.48. The van der Waals surface area contributed by atoms with Gasteiger partial charge in [0.2, 0.25) is 5.91 Å². The van der Waals surface area contributed by atoms with Crippen LogP contribution in [0, 0.1) is 0 Å². The van der Waals surface area contributed by atoms with E-state index in [9.17, 15) is 14.4 Å². The molecule has 0 bridgehead atoms. The Bertz CT molecular complexity index is 773. The minimum Gasteiger partial charge on any atom is -0.466 e. The van der Waals surface area contributed by atoms with Gasteiger partial charge in [-0.25, -0.2) is 9.59 Å². The largest absolute Gasteiger partial charge is 0.466 e. The highest BCUT2D eigenvalue weighted by molar-refractivity contribution is 6.04. The molecule has 9 heteroatoms. The van der Waals surface area contributed by atoms with Gasteiger partial charge in [-0.05, 0) is 18.2 Å². The summed E-state index contributed by atoms with van der Waals surface area (Å²) < 4.78 is 15.0. The highest BCUT2D eigenvalue weighted by Crippen LogP contribution is 2.33. The molecule has 1 aromatic carbocycles. The topological polar surface area (TPSA) is 106 Å². The molecule has 0 radical (unpaired) electrons. The van der Waals surface area contributed by atoms with Crippen LogP contribution in [0.1, 0.15) is 0 Å². The molecule has 0 saturated heterocycles. The van der Waals surface area contributed by atoms with E-state index < -0.39 is 11.9 Å². The van der Waals surface area contributed by atoms with Crippen LogP contribution in [-0.4, -0.2) is 51.9 Å². The monoisotopic (exact) mass is 347 g/mol. The van der Waals surface area contributed by atoms with Crippen LogP contribution in [0.15, 0.2) is 29.5 Å². The summed E-state index contributed by atoms with van der Waals surface area (Å²) in [4.78, 5) is 37.3. The number of nitrogens with one attached hydrogen (secondary N) is 2. The Morgan fingerprint density at radius 3 is 2.64 bits per heavy atom. The third-order valence-electron chi connectivity index (χ3n) is 3.86. The third kappa shape index (κ3) is 3.13. The number of rotatable bonds is 3. The summed E-state index contributed by atoms with van der Waals surface area (Å²) in [6, 6.07) is 5.20. The van der Waals surface area contributed by atoms with E-state index in [0.29, 0.717) is 11.4 Å². The molecule has 2 aliphatic heterocycles. The second-order valence-corrected chi connectivity index (χ2v) is 5.35. The zero-order valence-electron chi connectivity index (χ0n) is 13.8. The van der Waals surface area contributed by atoms with Crippen molar-refractivity contribution in [1.82, 2.24) is 0 Å². The minimum atomic E-state index is -0.677. The van der Waals surface area contributed by atoms with Gasteiger partial charge in [-0.15, -0.1) is 0 Å². The van der Waals surface area contributed by atoms with Gasteiger partial charge in [0.15, 0.2) is 0 Å². The number of esters is 2. The first-order chi connectivity index (χ1) is 12.0. The van der Waals surface area contributed by atoms with Gasteiger partial charge in [-0.2, -0.15) is 0 Å². The van der Waals surface area contributed by atoms with E-state index in [0.717, 1.165) is 5.69 Å². The van der Waals surface area contributed by atoms with E-state index in [1.165, 1.54) is 19.1 Å². The summed E-state index contributed by atoms with van der Waals surface area (Å²) >= 11 is 0. The van der Waals surface area contributed by atoms with Crippen LogP contribution >= 0.6 is 0 Å². The molecule has 0 saturated carbocycles. The van der Waals surface area contributed by atoms with Crippen molar-refractivity contribution in [3.05, 3.63) is 29.5 Å². The maximum atomic E-state index is 12.3. The number of amides is 1. The Hall–Kier alpha value is -3.07. The molecule has 2 N–H and O–H groups in total. The molecule has 0 aliphatic carbocycles. The van der Waals surface area contributed by atoms with E-state index in [1.807, 2.05) is 0 Å². The van der Waals surface area contributed by atoms with Gasteiger partial charge in [0.05, 0.1) is 44.3 Å². The Balaban J connectivity index is 2.05. The van der Waals surface area contributed by atoms with E-state index in [4.69, 9.17) is 14.2 Å². The first-order valence-corrected chi connectivity index (χ1v) is 7.48. The Morgan fingerprint density at radius 1 is 1.16 bits per heavy atom. The molecule has 1 aromatic rings. The van der Waals surface area contributed by atoms with Gasteiger partial charge in [0.25, 0.3) is 0 Å². The van der Waals surface area contributed by atoms with Gasteiger partial charge in [-0.1, -0.05) is 0 Å². The number of carbonyl (C=O) groups is 3. The van der Waals surface area contributed by atoms with Crippen molar-refractivity contribution in [1.29, 1.82) is 0 Å². The van der Waals surface area contributed by atoms with Gasteiger partial charge in [0, 0.05) is 5.69 Å². The van der Waals surface area contributed by atoms with E-state index in [2.05, 4.69) is 10.6 Å². The second kappa shape index (κ2) is 6.81. The average molecular weight is 347 g/mol. The van der Waals surface area contributed by atoms with Crippen LogP contribution in [0.4, 0.5) is 17.1 Å². The first kappa shape index (κ1) is 16.8. The number of anilines is 3. The molecule has 0 atom stereocenters. The lowest BCUT2D eigenvalue weighted by Crippen LogP contribution is -2.39. The maximum absolute atomic E-state index is 12.3. The van der Waals surface area contributed by atoms with Crippen LogP contribution in [0.5, 0.6) is 0 Å². The molecule has 0 fully saturated rings. The third-order valence-corrected chi connectivity index (χ3v) is 3.86. The number of hydrogen-bond donors (Lipinski definition) is 2. The molecule has 2 aliphatic rings. The zero-order valence-corrected chi connectivity index (χ0v) is 13.8. The number of nitrogens with zero attached hydrogens (tertiary/aromatic N) is 1. The Morgan fingerprint density at radius 2 is 1.92 bits per heavy atom. The van der Waals surface area contributed by atoms with Crippen LogP contribution in [-0.2, 0) is 28.6 Å². The van der Waals surface area contributed by atoms with Crippen molar-refractivity contribution in [2.24, 2.45) is 0 Å². The van der Waals surface area contributed by atoms with Crippen molar-refractivity contribution < 1.29 is 28.6 Å². The van der Waals surface area contributed by atoms with Crippen molar-refractivity contribution in [2.45, 2.75) is 0 Å². The average Bonchev–Trinajstić information content (AvgIpc) is 2.65. The number of hydrogen-bond acceptors (Lipinski definition) is 8. The standard InChI is InChI=1S/C16H17N3O6/c1-23-15(21)10-7-25-8-19(14(10)16(22)24-2)9-3-4-11-12(5-9)18-13(20)6-17-11/h3-5,17H,6-8H2,1-2H3,(H,18,20). The fourth-order valence-electron chi connectivity index (χ4n) is 2.67.